The Morgan fingerprint density at radius 2 is 2.42 bits per heavy atom. The van der Waals surface area contributed by atoms with Gasteiger partial charge in [0.15, 0.2) is 0 Å². The maximum absolute atomic E-state index is 13.7. The van der Waals surface area contributed by atoms with Crippen LogP contribution in [-0.4, -0.2) is 43.5 Å². The summed E-state index contributed by atoms with van der Waals surface area (Å²) in [5.74, 6) is -1.76. The van der Waals surface area contributed by atoms with Crippen molar-refractivity contribution in [3.8, 4) is 0 Å². The van der Waals surface area contributed by atoms with Crippen molar-refractivity contribution >= 4 is 11.7 Å². The number of ether oxygens (including phenoxy) is 2. The molecule has 0 aromatic heterocycles. The number of carbonyl (C=O) groups is 1. The van der Waals surface area contributed by atoms with Crippen LogP contribution in [0.4, 0.5) is 10.1 Å². The van der Waals surface area contributed by atoms with E-state index in [0.29, 0.717) is 26.2 Å². The van der Waals surface area contributed by atoms with Gasteiger partial charge in [-0.25, -0.2) is 9.18 Å². The zero-order valence-corrected chi connectivity index (χ0v) is 10.6. The second-order valence-electron chi connectivity index (χ2n) is 4.51. The smallest absolute Gasteiger partial charge is 0.337 e. The lowest BCUT2D eigenvalue weighted by Crippen LogP contribution is -2.40. The SMILES string of the molecule is COC1(CNc2c(F)cccc2C(=O)O)CCOC1. The molecule has 6 heteroatoms. The van der Waals surface area contributed by atoms with Gasteiger partial charge in [0.25, 0.3) is 0 Å². The van der Waals surface area contributed by atoms with Crippen LogP contribution in [0.1, 0.15) is 16.8 Å². The molecule has 0 bridgehead atoms. The highest BCUT2D eigenvalue weighted by atomic mass is 19.1. The van der Waals surface area contributed by atoms with Gasteiger partial charge in [-0.2, -0.15) is 0 Å². The molecule has 104 valence electrons. The van der Waals surface area contributed by atoms with Crippen LogP contribution < -0.4 is 5.32 Å². The van der Waals surface area contributed by atoms with Crippen molar-refractivity contribution in [1.29, 1.82) is 0 Å². The Kier molecular flexibility index (Phi) is 4.01. The van der Waals surface area contributed by atoms with Gasteiger partial charge in [0.2, 0.25) is 0 Å². The van der Waals surface area contributed by atoms with Crippen LogP contribution in [-0.2, 0) is 9.47 Å². The first-order chi connectivity index (χ1) is 9.08. The molecule has 1 unspecified atom stereocenters. The molecular weight excluding hydrogens is 253 g/mol. The molecule has 5 nitrogen and oxygen atoms in total. The lowest BCUT2D eigenvalue weighted by atomic mass is 10.0. The maximum atomic E-state index is 13.7. The van der Waals surface area contributed by atoms with Gasteiger partial charge in [0.1, 0.15) is 11.4 Å². The summed E-state index contributed by atoms with van der Waals surface area (Å²) >= 11 is 0. The Morgan fingerprint density at radius 1 is 1.63 bits per heavy atom. The third-order valence-corrected chi connectivity index (χ3v) is 3.33. The third-order valence-electron chi connectivity index (χ3n) is 3.33. The standard InChI is InChI=1S/C13H16FNO4/c1-18-13(5-6-19-8-13)7-15-11-9(12(16)17)3-2-4-10(11)14/h2-4,15H,5-8H2,1H3,(H,16,17). The first kappa shape index (κ1) is 13.8. The van der Waals surface area contributed by atoms with E-state index < -0.39 is 17.4 Å². The fraction of sp³-hybridized carbons (Fsp3) is 0.462. The Balaban J connectivity index is 2.17. The lowest BCUT2D eigenvalue weighted by molar-refractivity contribution is -0.00626. The second kappa shape index (κ2) is 5.54. The van der Waals surface area contributed by atoms with E-state index in [4.69, 9.17) is 14.6 Å². The molecule has 0 amide bonds. The van der Waals surface area contributed by atoms with E-state index in [2.05, 4.69) is 5.32 Å². The summed E-state index contributed by atoms with van der Waals surface area (Å²) in [6.07, 6.45) is 0.688. The van der Waals surface area contributed by atoms with Crippen molar-refractivity contribution < 1.29 is 23.8 Å². The summed E-state index contributed by atoms with van der Waals surface area (Å²) in [4.78, 5) is 11.1. The zero-order valence-electron chi connectivity index (χ0n) is 10.6. The number of anilines is 1. The van der Waals surface area contributed by atoms with Crippen molar-refractivity contribution in [2.75, 3.05) is 32.2 Å². The fourth-order valence-corrected chi connectivity index (χ4v) is 2.09. The Morgan fingerprint density at radius 3 is 3.00 bits per heavy atom. The van der Waals surface area contributed by atoms with Gasteiger partial charge in [-0.05, 0) is 12.1 Å². The summed E-state index contributed by atoms with van der Waals surface area (Å²) in [6, 6.07) is 3.95. The maximum Gasteiger partial charge on any atom is 0.337 e. The van der Waals surface area contributed by atoms with Gasteiger partial charge in [0.05, 0.1) is 17.9 Å². The number of carboxylic acid groups (broad SMARTS) is 1. The minimum atomic E-state index is -1.17. The van der Waals surface area contributed by atoms with E-state index in [0.717, 1.165) is 0 Å². The number of methoxy groups -OCH3 is 1. The third kappa shape index (κ3) is 2.85. The Bertz CT molecular complexity index is 472. The van der Waals surface area contributed by atoms with Crippen LogP contribution in [0.5, 0.6) is 0 Å². The first-order valence-corrected chi connectivity index (χ1v) is 5.96. The van der Waals surface area contributed by atoms with Gasteiger partial charge in [-0.1, -0.05) is 6.07 Å². The summed E-state index contributed by atoms with van der Waals surface area (Å²) < 4.78 is 24.4. The predicted molar refractivity (Wildman–Crippen MR) is 67.0 cm³/mol. The molecule has 1 heterocycles. The highest BCUT2D eigenvalue weighted by Gasteiger charge is 2.35. The first-order valence-electron chi connectivity index (χ1n) is 5.96. The topological polar surface area (TPSA) is 67.8 Å². The van der Waals surface area contributed by atoms with Crippen LogP contribution in [0.15, 0.2) is 18.2 Å². The quantitative estimate of drug-likeness (QED) is 0.852. The number of halogens is 1. The predicted octanol–water partition coefficient (Wildman–Crippen LogP) is 1.74. The number of nitrogens with one attached hydrogen (secondary N) is 1. The van der Waals surface area contributed by atoms with E-state index in [-0.39, 0.29) is 11.3 Å². The van der Waals surface area contributed by atoms with Crippen molar-refractivity contribution in [2.45, 2.75) is 12.0 Å². The molecule has 1 fully saturated rings. The number of hydrogen-bond acceptors (Lipinski definition) is 4. The van der Waals surface area contributed by atoms with Crippen LogP contribution in [0.25, 0.3) is 0 Å². The second-order valence-corrected chi connectivity index (χ2v) is 4.51. The normalized spacial score (nSPS) is 22.4. The molecule has 0 radical (unpaired) electrons. The number of carboxylic acids is 1. The van der Waals surface area contributed by atoms with E-state index in [1.54, 1.807) is 7.11 Å². The molecule has 0 spiro atoms. The molecule has 1 atom stereocenters. The molecule has 1 saturated heterocycles. The molecule has 2 rings (SSSR count). The van der Waals surface area contributed by atoms with Crippen molar-refractivity contribution in [1.82, 2.24) is 0 Å². The van der Waals surface area contributed by atoms with Gasteiger partial charge >= 0.3 is 5.97 Å². The summed E-state index contributed by atoms with van der Waals surface area (Å²) in [6.45, 7) is 1.29. The van der Waals surface area contributed by atoms with Crippen LogP contribution in [0.2, 0.25) is 0 Å². The minimum absolute atomic E-state index is 0.0154. The molecule has 1 aliphatic rings. The van der Waals surface area contributed by atoms with E-state index >= 15 is 0 Å². The van der Waals surface area contributed by atoms with Gasteiger partial charge in [-0.3, -0.25) is 0 Å². The Hall–Kier alpha value is -1.66. The number of aromatic carboxylic acids is 1. The van der Waals surface area contributed by atoms with Crippen molar-refractivity contribution in [2.24, 2.45) is 0 Å². The van der Waals surface area contributed by atoms with Crippen LogP contribution >= 0.6 is 0 Å². The molecular formula is C13H16FNO4. The van der Waals surface area contributed by atoms with E-state index in [1.807, 2.05) is 0 Å². The Labute approximate surface area is 110 Å². The number of para-hydroxylation sites is 1. The minimum Gasteiger partial charge on any atom is -0.478 e. The summed E-state index contributed by atoms with van der Waals surface area (Å²) in [7, 11) is 1.57. The highest BCUT2D eigenvalue weighted by molar-refractivity contribution is 5.94. The molecule has 1 aromatic carbocycles. The van der Waals surface area contributed by atoms with Crippen molar-refractivity contribution in [3.05, 3.63) is 29.6 Å². The molecule has 1 aromatic rings. The van der Waals surface area contributed by atoms with Gasteiger partial charge < -0.3 is 19.9 Å². The van der Waals surface area contributed by atoms with Crippen LogP contribution in [0, 0.1) is 5.82 Å². The lowest BCUT2D eigenvalue weighted by Gasteiger charge is -2.26. The number of benzene rings is 1. The summed E-state index contributed by atoms with van der Waals surface area (Å²) in [5, 5.41) is 11.9. The average molecular weight is 269 g/mol. The van der Waals surface area contributed by atoms with Gasteiger partial charge in [-0.15, -0.1) is 0 Å². The molecule has 0 aliphatic carbocycles. The van der Waals surface area contributed by atoms with E-state index in [1.165, 1.54) is 18.2 Å². The fourth-order valence-electron chi connectivity index (χ4n) is 2.09. The molecule has 1 aliphatic heterocycles. The van der Waals surface area contributed by atoms with Gasteiger partial charge in [0, 0.05) is 26.7 Å². The summed E-state index contributed by atoms with van der Waals surface area (Å²) in [5.41, 5.74) is -0.638. The van der Waals surface area contributed by atoms with Crippen molar-refractivity contribution in [3.63, 3.8) is 0 Å². The average Bonchev–Trinajstić information content (AvgIpc) is 2.86. The number of hydrogen-bond donors (Lipinski definition) is 2. The molecule has 2 N–H and O–H groups in total. The monoisotopic (exact) mass is 269 g/mol. The van der Waals surface area contributed by atoms with E-state index in [9.17, 15) is 9.18 Å². The molecule has 19 heavy (non-hydrogen) atoms. The van der Waals surface area contributed by atoms with Crippen LogP contribution in [0.3, 0.4) is 0 Å². The highest BCUT2D eigenvalue weighted by Crippen LogP contribution is 2.25. The zero-order chi connectivity index (χ0) is 13.9. The molecule has 0 saturated carbocycles. The largest absolute Gasteiger partial charge is 0.478 e. The number of rotatable bonds is 5.